The van der Waals surface area contributed by atoms with Crippen LogP contribution in [0.1, 0.15) is 44.7 Å². The highest BCUT2D eigenvalue weighted by atomic mass is 19.4. The van der Waals surface area contributed by atoms with E-state index in [0.29, 0.717) is 24.3 Å². The lowest BCUT2D eigenvalue weighted by molar-refractivity contribution is -0.137. The summed E-state index contributed by atoms with van der Waals surface area (Å²) in [6.45, 7) is 9.16. The van der Waals surface area contributed by atoms with Crippen LogP contribution < -0.4 is 10.6 Å². The van der Waals surface area contributed by atoms with Crippen molar-refractivity contribution in [2.75, 3.05) is 23.7 Å². The van der Waals surface area contributed by atoms with Gasteiger partial charge in [0.2, 0.25) is 5.91 Å². The summed E-state index contributed by atoms with van der Waals surface area (Å²) in [5, 5.41) is 5.45. The third-order valence-corrected chi connectivity index (χ3v) is 5.58. The lowest BCUT2D eigenvalue weighted by atomic mass is 10.0. The van der Waals surface area contributed by atoms with Crippen LogP contribution in [0.2, 0.25) is 0 Å². The van der Waals surface area contributed by atoms with Crippen molar-refractivity contribution in [2.24, 2.45) is 4.99 Å². The Morgan fingerprint density at radius 2 is 1.82 bits per heavy atom. The summed E-state index contributed by atoms with van der Waals surface area (Å²) in [6, 6.07) is 8.22. The minimum atomic E-state index is -4.57. The van der Waals surface area contributed by atoms with Crippen LogP contribution >= 0.6 is 0 Å². The first-order chi connectivity index (χ1) is 15.5. The number of alkyl halides is 3. The Hall–Kier alpha value is -2.94. The summed E-state index contributed by atoms with van der Waals surface area (Å²) < 4.78 is 54.5. The van der Waals surface area contributed by atoms with Crippen molar-refractivity contribution in [3.05, 3.63) is 53.3 Å². The van der Waals surface area contributed by atoms with Crippen LogP contribution in [0, 0.1) is 5.82 Å². The molecule has 1 heterocycles. The molecule has 1 aliphatic rings. The average molecular weight is 465 g/mol. The van der Waals surface area contributed by atoms with Gasteiger partial charge in [0.05, 0.1) is 11.3 Å². The van der Waals surface area contributed by atoms with E-state index >= 15 is 0 Å². The van der Waals surface area contributed by atoms with E-state index in [-0.39, 0.29) is 23.5 Å². The van der Waals surface area contributed by atoms with Crippen molar-refractivity contribution in [3.8, 4) is 0 Å². The monoisotopic (exact) mass is 464 g/mol. The highest BCUT2D eigenvalue weighted by Gasteiger charge is 2.34. The number of hydrogen-bond donors (Lipinski definition) is 2. The first-order valence-corrected chi connectivity index (χ1v) is 10.8. The molecule has 0 saturated heterocycles. The second-order valence-electron chi connectivity index (χ2n) is 8.56. The van der Waals surface area contributed by atoms with Crippen molar-refractivity contribution < 1.29 is 22.4 Å². The van der Waals surface area contributed by atoms with Gasteiger partial charge in [-0.05, 0) is 63.6 Å². The number of anilines is 2. The molecule has 2 N–H and O–H groups in total. The second kappa shape index (κ2) is 9.91. The van der Waals surface area contributed by atoms with E-state index in [2.05, 4.69) is 20.5 Å². The van der Waals surface area contributed by atoms with Crippen molar-refractivity contribution in [3.63, 3.8) is 0 Å². The molecule has 0 fully saturated rings. The Kier molecular flexibility index (Phi) is 7.41. The molecular formula is C24H28F4N4O. The Labute approximate surface area is 190 Å². The molecule has 3 rings (SSSR count). The Morgan fingerprint density at radius 1 is 1.12 bits per heavy atom. The van der Waals surface area contributed by atoms with Crippen LogP contribution in [0.4, 0.5) is 34.6 Å². The first-order valence-electron chi connectivity index (χ1n) is 10.8. The molecule has 0 saturated carbocycles. The van der Waals surface area contributed by atoms with Crippen LogP contribution in [0.5, 0.6) is 0 Å². The lowest BCUT2D eigenvalue weighted by Crippen LogP contribution is -2.40. The predicted octanol–water partition coefficient (Wildman–Crippen LogP) is 5.81. The lowest BCUT2D eigenvalue weighted by Gasteiger charge is -2.30. The zero-order valence-corrected chi connectivity index (χ0v) is 19.0. The fourth-order valence-electron chi connectivity index (χ4n) is 4.00. The number of carbonyl (C=O) groups is 1. The highest BCUT2D eigenvalue weighted by molar-refractivity contribution is 6.12. The number of aliphatic imine (C=N–C) groups is 1. The normalized spacial score (nSPS) is 16.2. The van der Waals surface area contributed by atoms with Gasteiger partial charge in [-0.15, -0.1) is 0 Å². The van der Waals surface area contributed by atoms with Gasteiger partial charge < -0.3 is 10.6 Å². The summed E-state index contributed by atoms with van der Waals surface area (Å²) >= 11 is 0. The Balaban J connectivity index is 1.78. The fourth-order valence-corrected chi connectivity index (χ4v) is 4.00. The van der Waals surface area contributed by atoms with Crippen LogP contribution in [-0.2, 0) is 11.0 Å². The van der Waals surface area contributed by atoms with Gasteiger partial charge in [-0.25, -0.2) is 4.39 Å². The number of nitrogens with zero attached hydrogens (tertiary/aromatic N) is 2. The average Bonchev–Trinajstić information content (AvgIpc) is 3.02. The minimum Gasteiger partial charge on any atom is -0.383 e. The molecule has 0 spiro atoms. The van der Waals surface area contributed by atoms with Gasteiger partial charge in [-0.1, -0.05) is 6.07 Å². The van der Waals surface area contributed by atoms with Crippen molar-refractivity contribution in [1.82, 2.24) is 4.90 Å². The van der Waals surface area contributed by atoms with Gasteiger partial charge in [-0.2, -0.15) is 13.2 Å². The SMILES string of the molecule is CC(C)N(CCNc1ccc(N=CC2C(=O)Nc3cc(F)ccc32)cc1C(F)(F)F)C(C)C. The van der Waals surface area contributed by atoms with Gasteiger partial charge in [0.1, 0.15) is 11.7 Å². The van der Waals surface area contributed by atoms with Gasteiger partial charge >= 0.3 is 6.18 Å². The third kappa shape index (κ3) is 5.90. The van der Waals surface area contributed by atoms with Crippen molar-refractivity contribution in [2.45, 2.75) is 51.9 Å². The number of rotatable bonds is 8. The van der Waals surface area contributed by atoms with Gasteiger partial charge in [0.15, 0.2) is 0 Å². The van der Waals surface area contributed by atoms with E-state index in [1.54, 1.807) is 0 Å². The van der Waals surface area contributed by atoms with Crippen LogP contribution in [-0.4, -0.2) is 42.2 Å². The molecule has 33 heavy (non-hydrogen) atoms. The summed E-state index contributed by atoms with van der Waals surface area (Å²) in [6.07, 6.45) is -3.29. The molecule has 0 aromatic heterocycles. The molecule has 0 radical (unpaired) electrons. The summed E-state index contributed by atoms with van der Waals surface area (Å²) in [5.41, 5.74) is 0.0925. The van der Waals surface area contributed by atoms with E-state index < -0.39 is 29.4 Å². The molecule has 1 aliphatic heterocycles. The number of fused-ring (bicyclic) bond motifs is 1. The number of amides is 1. The number of carbonyl (C=O) groups excluding carboxylic acids is 1. The molecule has 5 nitrogen and oxygen atoms in total. The zero-order valence-electron chi connectivity index (χ0n) is 19.0. The third-order valence-electron chi connectivity index (χ3n) is 5.58. The predicted molar refractivity (Wildman–Crippen MR) is 123 cm³/mol. The molecule has 178 valence electrons. The van der Waals surface area contributed by atoms with Gasteiger partial charge in [0.25, 0.3) is 0 Å². The maximum absolute atomic E-state index is 13.7. The van der Waals surface area contributed by atoms with Crippen LogP contribution in [0.25, 0.3) is 0 Å². The molecule has 0 bridgehead atoms. The smallest absolute Gasteiger partial charge is 0.383 e. The van der Waals surface area contributed by atoms with Crippen molar-refractivity contribution in [1.29, 1.82) is 0 Å². The van der Waals surface area contributed by atoms with Crippen LogP contribution in [0.15, 0.2) is 41.4 Å². The second-order valence-corrected chi connectivity index (χ2v) is 8.56. The highest BCUT2D eigenvalue weighted by Crippen LogP contribution is 2.38. The Bertz CT molecular complexity index is 1030. The topological polar surface area (TPSA) is 56.7 Å². The van der Waals surface area contributed by atoms with E-state index in [1.165, 1.54) is 36.5 Å². The number of nitrogens with one attached hydrogen (secondary N) is 2. The van der Waals surface area contributed by atoms with E-state index in [9.17, 15) is 22.4 Å². The quantitative estimate of drug-likeness (QED) is 0.383. The fraction of sp³-hybridized carbons (Fsp3) is 0.417. The molecular weight excluding hydrogens is 436 g/mol. The number of hydrogen-bond acceptors (Lipinski definition) is 4. The largest absolute Gasteiger partial charge is 0.418 e. The van der Waals surface area contributed by atoms with Crippen molar-refractivity contribution >= 4 is 29.2 Å². The summed E-state index contributed by atoms with van der Waals surface area (Å²) in [5.74, 6) is -1.70. The van der Waals surface area contributed by atoms with E-state index in [1.807, 2.05) is 27.7 Å². The van der Waals surface area contributed by atoms with E-state index in [4.69, 9.17) is 0 Å². The maximum Gasteiger partial charge on any atom is 0.418 e. The standard InChI is InChI=1S/C24H28F4N4O/c1-14(2)32(15(3)4)10-9-29-21-8-6-17(12-20(21)24(26,27)28)30-13-19-18-7-5-16(25)11-22(18)31-23(19)33/h5-8,11-15,19,29H,9-10H2,1-4H3,(H,31,33). The van der Waals surface area contributed by atoms with E-state index in [0.717, 1.165) is 6.07 Å². The molecule has 2 aromatic rings. The number of benzene rings is 2. The first kappa shape index (κ1) is 24.7. The molecule has 0 aliphatic carbocycles. The molecule has 1 unspecified atom stereocenters. The minimum absolute atomic E-state index is 0.0201. The molecule has 9 heteroatoms. The molecule has 2 aromatic carbocycles. The zero-order chi connectivity index (χ0) is 24.3. The molecule has 1 amide bonds. The maximum atomic E-state index is 13.7. The van der Waals surface area contributed by atoms with Crippen LogP contribution in [0.3, 0.4) is 0 Å². The van der Waals surface area contributed by atoms with Gasteiger partial charge in [0, 0.05) is 42.8 Å². The summed E-state index contributed by atoms with van der Waals surface area (Å²) in [7, 11) is 0. The Morgan fingerprint density at radius 3 is 2.45 bits per heavy atom. The molecule has 1 atom stereocenters. The van der Waals surface area contributed by atoms with Gasteiger partial charge in [-0.3, -0.25) is 14.7 Å². The summed E-state index contributed by atoms with van der Waals surface area (Å²) in [4.78, 5) is 18.5. The number of halogens is 4.